The second-order valence-electron chi connectivity index (χ2n) is 6.70. The first-order valence-electron chi connectivity index (χ1n) is 9.05. The summed E-state index contributed by atoms with van der Waals surface area (Å²) in [4.78, 5) is 12.5. The van der Waals surface area contributed by atoms with Crippen LogP contribution >= 0.6 is 0 Å². The minimum Gasteiger partial charge on any atom is -0.454 e. The molecule has 30 heavy (non-hydrogen) atoms. The molecule has 3 heterocycles. The van der Waals surface area contributed by atoms with Gasteiger partial charge in [-0.25, -0.2) is 8.78 Å². The second kappa shape index (κ2) is 7.11. The van der Waals surface area contributed by atoms with E-state index in [1.54, 1.807) is 28.8 Å². The van der Waals surface area contributed by atoms with Gasteiger partial charge in [0.25, 0.3) is 5.91 Å². The highest BCUT2D eigenvalue weighted by Gasteiger charge is 2.15. The van der Waals surface area contributed by atoms with Crippen molar-refractivity contribution in [3.63, 3.8) is 0 Å². The number of fused-ring (bicyclic) bond motifs is 2. The Morgan fingerprint density at radius 2 is 1.80 bits per heavy atom. The Morgan fingerprint density at radius 3 is 2.63 bits per heavy atom. The van der Waals surface area contributed by atoms with E-state index in [1.807, 2.05) is 12.1 Å². The molecule has 0 bridgehead atoms. The lowest BCUT2D eigenvalue weighted by molar-refractivity contribution is 0.0951. The lowest BCUT2D eigenvalue weighted by Crippen LogP contribution is -2.22. The molecule has 2 aromatic heterocycles. The lowest BCUT2D eigenvalue weighted by atomic mass is 10.2. The number of nitrogens with one attached hydrogen (secondary N) is 1. The fraction of sp³-hybridized carbons (Fsp3) is 0.0952. The third-order valence-corrected chi connectivity index (χ3v) is 4.68. The summed E-state index contributed by atoms with van der Waals surface area (Å²) in [5, 5.41) is 10.8. The predicted molar refractivity (Wildman–Crippen MR) is 102 cm³/mol. The fourth-order valence-corrected chi connectivity index (χ4v) is 3.25. The molecule has 1 aliphatic rings. The van der Waals surface area contributed by atoms with E-state index in [2.05, 4.69) is 15.5 Å². The Kier molecular flexibility index (Phi) is 4.27. The number of hydrogen-bond acceptors (Lipinski definition) is 5. The summed E-state index contributed by atoms with van der Waals surface area (Å²) in [7, 11) is 0. The minimum absolute atomic E-state index is 0.188. The molecule has 0 atom stereocenters. The van der Waals surface area contributed by atoms with Crippen LogP contribution in [-0.4, -0.2) is 27.3 Å². The average Bonchev–Trinajstić information content (AvgIpc) is 3.37. The minimum atomic E-state index is -0.707. The van der Waals surface area contributed by atoms with Crippen LogP contribution in [0.15, 0.2) is 54.7 Å². The normalized spacial score (nSPS) is 12.3. The number of benzene rings is 2. The summed E-state index contributed by atoms with van der Waals surface area (Å²) in [6, 6.07) is 11.7. The largest absolute Gasteiger partial charge is 0.454 e. The Morgan fingerprint density at radius 1 is 1.00 bits per heavy atom. The van der Waals surface area contributed by atoms with Crippen LogP contribution in [0.25, 0.3) is 17.0 Å². The highest BCUT2D eigenvalue weighted by atomic mass is 19.1. The van der Waals surface area contributed by atoms with Gasteiger partial charge in [-0.3, -0.25) is 9.20 Å². The maximum absolute atomic E-state index is 13.5. The number of carbonyl (C=O) groups is 1. The Bertz CT molecular complexity index is 1270. The topological polar surface area (TPSA) is 77.8 Å². The van der Waals surface area contributed by atoms with E-state index in [0.717, 1.165) is 11.6 Å². The Labute approximate surface area is 168 Å². The first-order chi connectivity index (χ1) is 14.6. The third-order valence-electron chi connectivity index (χ3n) is 4.68. The SMILES string of the molecule is O=C(NCc1ccc2c(c1)OCO2)c1ccn2c(-c3cc(F)cc(F)c3)nnc2c1. The number of hydrogen-bond donors (Lipinski definition) is 1. The van der Waals surface area contributed by atoms with Crippen LogP contribution in [0.3, 0.4) is 0 Å². The highest BCUT2D eigenvalue weighted by Crippen LogP contribution is 2.32. The van der Waals surface area contributed by atoms with Crippen LogP contribution in [0.2, 0.25) is 0 Å². The first-order valence-corrected chi connectivity index (χ1v) is 9.05. The van der Waals surface area contributed by atoms with Gasteiger partial charge in [0, 0.05) is 29.9 Å². The van der Waals surface area contributed by atoms with Crippen molar-refractivity contribution in [2.24, 2.45) is 0 Å². The number of amides is 1. The molecule has 0 radical (unpaired) electrons. The van der Waals surface area contributed by atoms with Crippen molar-refractivity contribution < 1.29 is 23.0 Å². The number of ether oxygens (including phenoxy) is 2. The number of rotatable bonds is 4. The first kappa shape index (κ1) is 18.0. The van der Waals surface area contributed by atoms with Crippen molar-refractivity contribution in [3.05, 3.63) is 77.5 Å². The zero-order valence-corrected chi connectivity index (χ0v) is 15.4. The molecule has 150 valence electrons. The molecule has 0 aliphatic carbocycles. The molecule has 0 fully saturated rings. The van der Waals surface area contributed by atoms with Crippen molar-refractivity contribution in [2.75, 3.05) is 6.79 Å². The van der Waals surface area contributed by atoms with Crippen molar-refractivity contribution in [1.82, 2.24) is 19.9 Å². The molecule has 0 saturated heterocycles. The Hall–Kier alpha value is -4.01. The van der Waals surface area contributed by atoms with Gasteiger partial charge in [-0.15, -0.1) is 10.2 Å². The number of pyridine rings is 1. The quantitative estimate of drug-likeness (QED) is 0.561. The average molecular weight is 408 g/mol. The number of halogens is 2. The molecular weight excluding hydrogens is 394 g/mol. The zero-order valence-electron chi connectivity index (χ0n) is 15.4. The summed E-state index contributed by atoms with van der Waals surface area (Å²) < 4.78 is 39.2. The van der Waals surface area contributed by atoms with E-state index in [4.69, 9.17) is 9.47 Å². The van der Waals surface area contributed by atoms with E-state index >= 15 is 0 Å². The van der Waals surface area contributed by atoms with Gasteiger partial charge in [-0.05, 0) is 42.0 Å². The molecule has 0 unspecified atom stereocenters. The highest BCUT2D eigenvalue weighted by molar-refractivity contribution is 5.95. The van der Waals surface area contributed by atoms with Gasteiger partial charge in [0.2, 0.25) is 6.79 Å². The van der Waals surface area contributed by atoms with E-state index in [1.165, 1.54) is 12.1 Å². The molecule has 0 spiro atoms. The number of carbonyl (C=O) groups excluding carboxylic acids is 1. The molecule has 1 N–H and O–H groups in total. The van der Waals surface area contributed by atoms with E-state index in [-0.39, 0.29) is 24.1 Å². The van der Waals surface area contributed by atoms with E-state index < -0.39 is 11.6 Å². The summed E-state index contributed by atoms with van der Waals surface area (Å²) in [6.45, 7) is 0.495. The smallest absolute Gasteiger partial charge is 0.251 e. The van der Waals surface area contributed by atoms with Crippen LogP contribution in [0.1, 0.15) is 15.9 Å². The van der Waals surface area contributed by atoms with E-state index in [9.17, 15) is 13.6 Å². The maximum atomic E-state index is 13.5. The predicted octanol–water partition coefficient (Wildman–Crippen LogP) is 3.33. The monoisotopic (exact) mass is 408 g/mol. The summed E-state index contributed by atoms with van der Waals surface area (Å²) in [5.74, 6) is -0.112. The molecule has 2 aromatic carbocycles. The zero-order chi connectivity index (χ0) is 20.7. The standard InChI is InChI=1S/C21H14F2N4O3/c22-15-6-14(7-16(23)9-15)20-26-25-19-8-13(3-4-27(19)20)21(28)24-10-12-1-2-17-18(5-12)30-11-29-17/h1-9H,10-11H2,(H,24,28). The molecule has 7 nitrogen and oxygen atoms in total. The number of nitrogens with zero attached hydrogens (tertiary/aromatic N) is 3. The van der Waals surface area contributed by atoms with Gasteiger partial charge in [-0.2, -0.15) is 0 Å². The van der Waals surface area contributed by atoms with Crippen molar-refractivity contribution >= 4 is 11.6 Å². The van der Waals surface area contributed by atoms with Gasteiger partial charge in [0.1, 0.15) is 11.6 Å². The Balaban J connectivity index is 1.35. The van der Waals surface area contributed by atoms with Gasteiger partial charge in [0.05, 0.1) is 0 Å². The molecule has 9 heteroatoms. The second-order valence-corrected chi connectivity index (χ2v) is 6.70. The third kappa shape index (κ3) is 3.30. The lowest BCUT2D eigenvalue weighted by Gasteiger charge is -2.07. The molecule has 4 aromatic rings. The van der Waals surface area contributed by atoms with E-state index in [0.29, 0.717) is 29.3 Å². The summed E-state index contributed by atoms with van der Waals surface area (Å²) in [6.07, 6.45) is 1.59. The molecule has 0 saturated carbocycles. The maximum Gasteiger partial charge on any atom is 0.251 e. The van der Waals surface area contributed by atoms with Crippen molar-refractivity contribution in [3.8, 4) is 22.9 Å². The van der Waals surface area contributed by atoms with Crippen LogP contribution < -0.4 is 14.8 Å². The van der Waals surface area contributed by atoms with Crippen molar-refractivity contribution in [1.29, 1.82) is 0 Å². The molecule has 5 rings (SSSR count). The van der Waals surface area contributed by atoms with Crippen LogP contribution in [0, 0.1) is 11.6 Å². The van der Waals surface area contributed by atoms with Crippen molar-refractivity contribution in [2.45, 2.75) is 6.54 Å². The van der Waals surface area contributed by atoms with Gasteiger partial charge in [-0.1, -0.05) is 6.07 Å². The van der Waals surface area contributed by atoms with Crippen LogP contribution in [0.5, 0.6) is 11.5 Å². The van der Waals surface area contributed by atoms with Gasteiger partial charge in [0.15, 0.2) is 23.0 Å². The molecular formula is C21H14F2N4O3. The fourth-order valence-electron chi connectivity index (χ4n) is 3.25. The summed E-state index contributed by atoms with van der Waals surface area (Å²) >= 11 is 0. The van der Waals surface area contributed by atoms with Gasteiger partial charge >= 0.3 is 0 Å². The summed E-state index contributed by atoms with van der Waals surface area (Å²) in [5.41, 5.74) is 1.88. The van der Waals surface area contributed by atoms with Crippen LogP contribution in [-0.2, 0) is 6.54 Å². The van der Waals surface area contributed by atoms with Gasteiger partial charge < -0.3 is 14.8 Å². The molecule has 1 amide bonds. The number of aromatic nitrogens is 3. The molecule has 1 aliphatic heterocycles. The van der Waals surface area contributed by atoms with Crippen LogP contribution in [0.4, 0.5) is 8.78 Å².